The van der Waals surface area contributed by atoms with Crippen molar-refractivity contribution in [2.45, 2.75) is 57.0 Å². The Morgan fingerprint density at radius 3 is 2.56 bits per heavy atom. The zero-order chi connectivity index (χ0) is 22.3. The minimum Gasteiger partial charge on any atom is -0.334 e. The summed E-state index contributed by atoms with van der Waals surface area (Å²) < 4.78 is 0. The fraction of sp³-hybridized carbons (Fsp3) is 0.458. The number of hydrogen-bond donors (Lipinski definition) is 3. The number of aromatic nitrogens is 1. The summed E-state index contributed by atoms with van der Waals surface area (Å²) in [4.78, 5) is 31.7. The number of carbonyl (C=O) groups is 2. The molecule has 0 bridgehead atoms. The van der Waals surface area contributed by atoms with E-state index in [0.717, 1.165) is 19.5 Å². The molecule has 4 rings (SSSR count). The number of pyridine rings is 1. The lowest BCUT2D eigenvalue weighted by molar-refractivity contribution is 0.102. The summed E-state index contributed by atoms with van der Waals surface area (Å²) in [6.07, 6.45) is 10.3. The molecule has 2 aromatic rings. The highest BCUT2D eigenvalue weighted by molar-refractivity contribution is 6.30. The molecule has 1 aromatic heterocycles. The van der Waals surface area contributed by atoms with Gasteiger partial charge in [0.05, 0.1) is 5.02 Å². The Bertz CT molecular complexity index is 928. The van der Waals surface area contributed by atoms with Crippen molar-refractivity contribution in [2.24, 2.45) is 0 Å². The molecule has 170 valence electrons. The average molecular weight is 456 g/mol. The maximum Gasteiger partial charge on any atom is 0.319 e. The van der Waals surface area contributed by atoms with Crippen LogP contribution < -0.4 is 16.0 Å². The van der Waals surface area contributed by atoms with Gasteiger partial charge in [0.2, 0.25) is 0 Å². The Morgan fingerprint density at radius 2 is 1.81 bits per heavy atom. The van der Waals surface area contributed by atoms with E-state index < -0.39 is 0 Å². The summed E-state index contributed by atoms with van der Waals surface area (Å²) in [5.74, 6) is 0.105. The van der Waals surface area contributed by atoms with E-state index in [1.54, 1.807) is 36.4 Å². The zero-order valence-corrected chi connectivity index (χ0v) is 18.9. The molecule has 2 heterocycles. The number of halogens is 1. The zero-order valence-electron chi connectivity index (χ0n) is 18.1. The van der Waals surface area contributed by atoms with Gasteiger partial charge in [-0.2, -0.15) is 0 Å². The fourth-order valence-corrected chi connectivity index (χ4v) is 4.70. The first-order valence-electron chi connectivity index (χ1n) is 11.4. The van der Waals surface area contributed by atoms with Crippen LogP contribution in [0, 0.1) is 0 Å². The maximum absolute atomic E-state index is 12.5. The number of urea groups is 1. The van der Waals surface area contributed by atoms with Gasteiger partial charge in [-0.25, -0.2) is 9.78 Å². The Hall–Kier alpha value is -2.64. The molecule has 3 N–H and O–H groups in total. The first-order chi connectivity index (χ1) is 15.6. The van der Waals surface area contributed by atoms with Crippen molar-refractivity contribution >= 4 is 35.0 Å². The highest BCUT2D eigenvalue weighted by atomic mass is 35.5. The maximum atomic E-state index is 12.5. The van der Waals surface area contributed by atoms with Crippen molar-refractivity contribution in [1.29, 1.82) is 0 Å². The Morgan fingerprint density at radius 1 is 1.00 bits per heavy atom. The first kappa shape index (κ1) is 22.6. The predicted octanol–water partition coefficient (Wildman–Crippen LogP) is 4.91. The van der Waals surface area contributed by atoms with Crippen molar-refractivity contribution in [3.63, 3.8) is 0 Å². The van der Waals surface area contributed by atoms with E-state index in [1.807, 2.05) is 0 Å². The van der Waals surface area contributed by atoms with Crippen LogP contribution in [-0.4, -0.2) is 47.0 Å². The van der Waals surface area contributed by atoms with Crippen molar-refractivity contribution in [3.8, 4) is 0 Å². The number of anilines is 2. The number of hydrogen-bond acceptors (Lipinski definition) is 4. The Balaban J connectivity index is 1.28. The van der Waals surface area contributed by atoms with Crippen LogP contribution in [-0.2, 0) is 0 Å². The standard InChI is InChI=1S/C24H30ClN5O2/c25-18-10-11-22(26-15-18)29-23(31)17-6-5-7-19(14-17)27-24(32)28-20-12-13-30(16-20)21-8-3-1-2-4-9-21/h5-7,10-11,14-15,20-21H,1-4,8-9,12-13,16H2,(H,26,29,31)(H2,27,28,32). The van der Waals surface area contributed by atoms with Crippen LogP contribution >= 0.6 is 11.6 Å². The van der Waals surface area contributed by atoms with Crippen LogP contribution in [0.25, 0.3) is 0 Å². The SMILES string of the molecule is O=C(Nc1cccc(C(=O)Nc2ccc(Cl)cn2)c1)NC1CCN(C2CCCCCC2)C1. The molecule has 2 fully saturated rings. The molecular weight excluding hydrogens is 426 g/mol. The van der Waals surface area contributed by atoms with Crippen LogP contribution in [0.1, 0.15) is 55.3 Å². The van der Waals surface area contributed by atoms with E-state index in [9.17, 15) is 9.59 Å². The third kappa shape index (κ3) is 6.20. The van der Waals surface area contributed by atoms with Gasteiger partial charge in [-0.3, -0.25) is 9.69 Å². The summed E-state index contributed by atoms with van der Waals surface area (Å²) in [5, 5.41) is 9.17. The molecule has 1 saturated carbocycles. The van der Waals surface area contributed by atoms with Crippen LogP contribution in [0.15, 0.2) is 42.6 Å². The van der Waals surface area contributed by atoms with Crippen molar-refractivity contribution < 1.29 is 9.59 Å². The van der Waals surface area contributed by atoms with Crippen LogP contribution in [0.3, 0.4) is 0 Å². The Labute approximate surface area is 193 Å². The summed E-state index contributed by atoms with van der Waals surface area (Å²) in [6.45, 7) is 1.96. The van der Waals surface area contributed by atoms with Gasteiger partial charge in [0, 0.05) is 42.6 Å². The second-order valence-corrected chi connectivity index (χ2v) is 9.06. The van der Waals surface area contributed by atoms with Crippen molar-refractivity contribution in [3.05, 3.63) is 53.2 Å². The highest BCUT2D eigenvalue weighted by Crippen LogP contribution is 2.25. The van der Waals surface area contributed by atoms with E-state index in [1.165, 1.54) is 44.7 Å². The molecule has 32 heavy (non-hydrogen) atoms. The van der Waals surface area contributed by atoms with E-state index >= 15 is 0 Å². The van der Waals surface area contributed by atoms with Crippen molar-refractivity contribution in [2.75, 3.05) is 23.7 Å². The molecule has 1 aromatic carbocycles. The van der Waals surface area contributed by atoms with Crippen molar-refractivity contribution in [1.82, 2.24) is 15.2 Å². The fourth-order valence-electron chi connectivity index (χ4n) is 4.59. The quantitative estimate of drug-likeness (QED) is 0.559. The van der Waals surface area contributed by atoms with E-state index in [4.69, 9.17) is 11.6 Å². The molecule has 2 aliphatic rings. The molecule has 1 aliphatic heterocycles. The number of amides is 3. The number of carbonyl (C=O) groups excluding carboxylic acids is 2. The molecule has 0 radical (unpaired) electrons. The molecule has 0 spiro atoms. The number of nitrogens with zero attached hydrogens (tertiary/aromatic N) is 2. The second-order valence-electron chi connectivity index (χ2n) is 8.62. The molecule has 1 saturated heterocycles. The average Bonchev–Trinajstić information content (AvgIpc) is 3.07. The Kier molecular flexibility index (Phi) is 7.60. The highest BCUT2D eigenvalue weighted by Gasteiger charge is 2.29. The normalized spacial score (nSPS) is 19.8. The summed E-state index contributed by atoms with van der Waals surface area (Å²) in [5.41, 5.74) is 0.998. The number of nitrogens with one attached hydrogen (secondary N) is 3. The first-order valence-corrected chi connectivity index (χ1v) is 11.8. The van der Waals surface area contributed by atoms with Gasteiger partial charge in [-0.05, 0) is 49.6 Å². The molecular formula is C24H30ClN5O2. The van der Waals surface area contributed by atoms with Gasteiger partial charge in [0.25, 0.3) is 5.91 Å². The minimum atomic E-state index is -0.307. The van der Waals surface area contributed by atoms with Gasteiger partial charge in [0.15, 0.2) is 0 Å². The number of rotatable bonds is 5. The minimum absolute atomic E-state index is 0.153. The summed E-state index contributed by atoms with van der Waals surface area (Å²) in [6, 6.07) is 10.7. The van der Waals surface area contributed by atoms with Crippen LogP contribution in [0.4, 0.5) is 16.3 Å². The van der Waals surface area contributed by atoms with E-state index in [0.29, 0.717) is 28.1 Å². The number of benzene rings is 1. The smallest absolute Gasteiger partial charge is 0.319 e. The lowest BCUT2D eigenvalue weighted by atomic mass is 10.1. The van der Waals surface area contributed by atoms with E-state index in [-0.39, 0.29) is 18.0 Å². The largest absolute Gasteiger partial charge is 0.334 e. The predicted molar refractivity (Wildman–Crippen MR) is 127 cm³/mol. The lowest BCUT2D eigenvalue weighted by Crippen LogP contribution is -2.41. The topological polar surface area (TPSA) is 86.4 Å². The molecule has 8 heteroatoms. The molecule has 1 unspecified atom stereocenters. The van der Waals surface area contributed by atoms with Crippen LogP contribution in [0.5, 0.6) is 0 Å². The van der Waals surface area contributed by atoms with Gasteiger partial charge < -0.3 is 16.0 Å². The summed E-state index contributed by atoms with van der Waals surface area (Å²) >= 11 is 5.83. The molecule has 3 amide bonds. The van der Waals surface area contributed by atoms with E-state index in [2.05, 4.69) is 25.8 Å². The molecule has 1 atom stereocenters. The second kappa shape index (κ2) is 10.8. The lowest BCUT2D eigenvalue weighted by Gasteiger charge is -2.26. The molecule has 1 aliphatic carbocycles. The van der Waals surface area contributed by atoms with Gasteiger partial charge in [-0.1, -0.05) is 43.4 Å². The number of likely N-dealkylation sites (tertiary alicyclic amines) is 1. The van der Waals surface area contributed by atoms with Gasteiger partial charge >= 0.3 is 6.03 Å². The molecule has 7 nitrogen and oxygen atoms in total. The summed E-state index contributed by atoms with van der Waals surface area (Å²) in [7, 11) is 0. The van der Waals surface area contributed by atoms with Gasteiger partial charge in [0.1, 0.15) is 5.82 Å². The third-order valence-electron chi connectivity index (χ3n) is 6.25. The monoisotopic (exact) mass is 455 g/mol. The van der Waals surface area contributed by atoms with Crippen LogP contribution in [0.2, 0.25) is 5.02 Å². The third-order valence-corrected chi connectivity index (χ3v) is 6.47. The van der Waals surface area contributed by atoms with Gasteiger partial charge in [-0.15, -0.1) is 0 Å².